The van der Waals surface area contributed by atoms with Crippen LogP contribution in [0, 0.1) is 0 Å². The van der Waals surface area contributed by atoms with Crippen LogP contribution in [0.1, 0.15) is 13.8 Å². The SMILES string of the molecule is CC(C)N(C)c1cc[c]([Al])c(OCCN(C)c2cc[c]([Al])cn2)c1. The lowest BCUT2D eigenvalue weighted by molar-refractivity contribution is 0.328. The second kappa shape index (κ2) is 8.79. The maximum absolute atomic E-state index is 6.00. The minimum Gasteiger partial charge on any atom is -0.493 e. The molecule has 0 spiro atoms. The van der Waals surface area contributed by atoms with Crippen molar-refractivity contribution in [2.75, 3.05) is 37.0 Å². The van der Waals surface area contributed by atoms with Crippen LogP contribution in [0.3, 0.4) is 0 Å². The molecule has 0 saturated carbocycles. The van der Waals surface area contributed by atoms with Gasteiger partial charge < -0.3 is 14.5 Å². The number of anilines is 2. The molecule has 1 aromatic carbocycles. The van der Waals surface area contributed by atoms with Crippen LogP contribution < -0.4 is 23.4 Å². The Labute approximate surface area is 161 Å². The molecule has 0 aliphatic heterocycles. The Morgan fingerprint density at radius 2 is 1.88 bits per heavy atom. The van der Waals surface area contributed by atoms with Gasteiger partial charge in [-0.3, -0.25) is 0 Å². The molecular weight excluding hydrogens is 328 g/mol. The maximum atomic E-state index is 6.00. The van der Waals surface area contributed by atoms with Gasteiger partial charge >= 0.3 is 0 Å². The van der Waals surface area contributed by atoms with Crippen LogP contribution in [0.15, 0.2) is 36.5 Å². The van der Waals surface area contributed by atoms with E-state index < -0.39 is 0 Å². The van der Waals surface area contributed by atoms with Crippen LogP contribution in [0.2, 0.25) is 0 Å². The zero-order valence-electron chi connectivity index (χ0n) is 14.9. The highest BCUT2D eigenvalue weighted by molar-refractivity contribution is 6.34. The number of nitrogens with zero attached hydrogens (tertiary/aromatic N) is 3. The van der Waals surface area contributed by atoms with Gasteiger partial charge in [-0.2, -0.15) is 0 Å². The van der Waals surface area contributed by atoms with Crippen LogP contribution in [0.5, 0.6) is 5.75 Å². The van der Waals surface area contributed by atoms with Gasteiger partial charge in [0.1, 0.15) is 18.2 Å². The fourth-order valence-electron chi connectivity index (χ4n) is 2.20. The Bertz CT molecular complexity index is 662. The first-order valence-electron chi connectivity index (χ1n) is 8.06. The van der Waals surface area contributed by atoms with Gasteiger partial charge in [0, 0.05) is 38.1 Å². The Balaban J connectivity index is 1.96. The fourth-order valence-corrected chi connectivity index (χ4v) is 2.63. The molecule has 2 aromatic rings. The highest BCUT2D eigenvalue weighted by atomic mass is 27.1. The molecule has 122 valence electrons. The van der Waals surface area contributed by atoms with Gasteiger partial charge in [-0.1, -0.05) is 16.6 Å². The van der Waals surface area contributed by atoms with E-state index in [4.69, 9.17) is 4.74 Å². The predicted molar refractivity (Wildman–Crippen MR) is 104 cm³/mol. The third kappa shape index (κ3) is 5.17. The number of ether oxygens (including phenoxy) is 1. The normalized spacial score (nSPS) is 10.7. The molecule has 0 N–H and O–H groups in total. The molecule has 0 atom stereocenters. The third-order valence-corrected chi connectivity index (χ3v) is 4.84. The molecule has 1 aromatic heterocycles. The zero-order valence-corrected chi connectivity index (χ0v) is 17.2. The summed E-state index contributed by atoms with van der Waals surface area (Å²) in [6.45, 7) is 5.74. The summed E-state index contributed by atoms with van der Waals surface area (Å²) in [6, 6.07) is 10.8. The first-order chi connectivity index (χ1) is 11.4. The summed E-state index contributed by atoms with van der Waals surface area (Å²) in [5, 5.41) is 0. The van der Waals surface area contributed by atoms with Crippen LogP contribution in [-0.2, 0) is 0 Å². The zero-order chi connectivity index (χ0) is 17.7. The lowest BCUT2D eigenvalue weighted by atomic mass is 10.2. The largest absolute Gasteiger partial charge is 0.493 e. The third-order valence-electron chi connectivity index (χ3n) is 4.03. The molecule has 0 aliphatic carbocycles. The average Bonchev–Trinajstić information content (AvgIpc) is 2.56. The average molecular weight is 351 g/mol. The standard InChI is InChI=1S/C18H23N3O.2Al/c1-15(2)21(4)16-8-7-9-17(14-16)22-13-12-20(3)18-10-5-6-11-19-18;;/h5,7-8,10-11,14-15H,12-13H2,1-4H3;;. The molecule has 0 saturated heterocycles. The topological polar surface area (TPSA) is 28.6 Å². The van der Waals surface area contributed by atoms with Crippen molar-refractivity contribution >= 4 is 52.9 Å². The van der Waals surface area contributed by atoms with E-state index in [0.29, 0.717) is 12.6 Å². The summed E-state index contributed by atoms with van der Waals surface area (Å²) < 4.78 is 8.16. The highest BCUT2D eigenvalue weighted by Crippen LogP contribution is 2.20. The molecule has 0 bridgehead atoms. The second-order valence-corrected chi connectivity index (χ2v) is 7.44. The molecule has 6 heteroatoms. The molecule has 24 heavy (non-hydrogen) atoms. The van der Waals surface area contributed by atoms with Gasteiger partial charge in [0.2, 0.25) is 0 Å². The number of hydrogen-bond acceptors (Lipinski definition) is 4. The smallest absolute Gasteiger partial charge is 0.181 e. The van der Waals surface area contributed by atoms with Crippen molar-refractivity contribution in [3.8, 4) is 5.75 Å². The minimum atomic E-state index is 0.449. The summed E-state index contributed by atoms with van der Waals surface area (Å²) in [4.78, 5) is 8.74. The number of rotatable bonds is 7. The molecule has 2 rings (SSSR count). The Hall–Kier alpha value is -1.17. The van der Waals surface area contributed by atoms with Crippen molar-refractivity contribution in [1.29, 1.82) is 0 Å². The van der Waals surface area contributed by atoms with E-state index in [9.17, 15) is 0 Å². The molecule has 0 fully saturated rings. The number of likely N-dealkylation sites (N-methyl/N-ethyl adjacent to an activating group) is 1. The summed E-state index contributed by atoms with van der Waals surface area (Å²) in [7, 11) is 4.13. The van der Waals surface area contributed by atoms with Gasteiger partial charge in [0.25, 0.3) is 0 Å². The van der Waals surface area contributed by atoms with E-state index >= 15 is 0 Å². The molecule has 0 unspecified atom stereocenters. The van der Waals surface area contributed by atoms with Crippen molar-refractivity contribution < 1.29 is 4.74 Å². The van der Waals surface area contributed by atoms with Gasteiger partial charge in [0.05, 0.1) is 6.54 Å². The first-order valence-corrected chi connectivity index (χ1v) is 9.21. The molecule has 1 heterocycles. The Morgan fingerprint density at radius 1 is 1.12 bits per heavy atom. The summed E-state index contributed by atoms with van der Waals surface area (Å²) in [6.07, 6.45) is 1.85. The van der Waals surface area contributed by atoms with E-state index in [2.05, 4.69) is 86.5 Å². The molecule has 4 radical (unpaired) electrons. The quantitative estimate of drug-likeness (QED) is 0.697. The second-order valence-electron chi connectivity index (χ2n) is 6.15. The first kappa shape index (κ1) is 19.2. The van der Waals surface area contributed by atoms with Gasteiger partial charge in [-0.15, -0.1) is 4.43 Å². The minimum absolute atomic E-state index is 0.449. The lowest BCUT2D eigenvalue weighted by Crippen LogP contribution is -2.27. The van der Waals surface area contributed by atoms with Crippen molar-refractivity contribution in [3.63, 3.8) is 0 Å². The van der Waals surface area contributed by atoms with Gasteiger partial charge in [0.15, 0.2) is 32.6 Å². The van der Waals surface area contributed by atoms with Crippen LogP contribution in [-0.4, -0.2) is 70.9 Å². The predicted octanol–water partition coefficient (Wildman–Crippen LogP) is 1.03. The monoisotopic (exact) mass is 351 g/mol. The molecular formula is C18H23Al2N3O. The number of aromatic nitrogens is 1. The van der Waals surface area contributed by atoms with Crippen LogP contribution >= 0.6 is 0 Å². The molecule has 0 aliphatic rings. The number of pyridine rings is 1. The summed E-state index contributed by atoms with van der Waals surface area (Å²) >= 11 is 5.39. The van der Waals surface area contributed by atoms with Crippen molar-refractivity contribution in [2.24, 2.45) is 0 Å². The maximum Gasteiger partial charge on any atom is 0.181 e. The fraction of sp³-hybridized carbons (Fsp3) is 0.389. The summed E-state index contributed by atoms with van der Waals surface area (Å²) in [5.74, 6) is 1.86. The van der Waals surface area contributed by atoms with Gasteiger partial charge in [-0.05, 0) is 26.0 Å². The lowest BCUT2D eigenvalue weighted by Gasteiger charge is -2.25. The van der Waals surface area contributed by atoms with Crippen LogP contribution in [0.4, 0.5) is 11.5 Å². The van der Waals surface area contributed by atoms with E-state index in [1.165, 1.54) is 0 Å². The molecule has 4 nitrogen and oxygen atoms in total. The Kier molecular flexibility index (Phi) is 7.02. The number of benzene rings is 1. The van der Waals surface area contributed by atoms with Crippen LogP contribution in [0.25, 0.3) is 0 Å². The van der Waals surface area contributed by atoms with Crippen molar-refractivity contribution in [1.82, 2.24) is 4.98 Å². The van der Waals surface area contributed by atoms with E-state index in [0.717, 1.165) is 32.7 Å². The highest BCUT2D eigenvalue weighted by Gasteiger charge is 2.08. The van der Waals surface area contributed by atoms with Crippen molar-refractivity contribution in [2.45, 2.75) is 19.9 Å². The number of hydrogen-bond donors (Lipinski definition) is 0. The van der Waals surface area contributed by atoms with E-state index in [1.54, 1.807) is 0 Å². The Morgan fingerprint density at radius 3 is 2.50 bits per heavy atom. The molecule has 0 amide bonds. The van der Waals surface area contributed by atoms with E-state index in [1.807, 2.05) is 25.4 Å². The van der Waals surface area contributed by atoms with Gasteiger partial charge in [-0.25, -0.2) is 4.98 Å². The summed E-state index contributed by atoms with van der Waals surface area (Å²) in [5.41, 5.74) is 1.16. The van der Waals surface area contributed by atoms with E-state index in [-0.39, 0.29) is 0 Å². The van der Waals surface area contributed by atoms with Crippen molar-refractivity contribution in [3.05, 3.63) is 36.5 Å².